The zero-order valence-electron chi connectivity index (χ0n) is 24.3. The van der Waals surface area contributed by atoms with Crippen molar-refractivity contribution in [2.75, 3.05) is 27.3 Å². The minimum atomic E-state index is -4.28. The number of urea groups is 1. The summed E-state index contributed by atoms with van der Waals surface area (Å²) in [6, 6.07) is 4.65. The van der Waals surface area contributed by atoms with E-state index in [0.717, 1.165) is 25.9 Å². The van der Waals surface area contributed by atoms with Crippen molar-refractivity contribution in [3.63, 3.8) is 0 Å². The van der Waals surface area contributed by atoms with Crippen LogP contribution in [0.4, 0.5) is 26.7 Å². The molecule has 2 aromatic heterocycles. The number of aromatic nitrogens is 4. The number of H-pyrrole nitrogens is 1. The van der Waals surface area contributed by atoms with Crippen LogP contribution in [0.1, 0.15) is 54.3 Å². The van der Waals surface area contributed by atoms with Crippen molar-refractivity contribution >= 4 is 23.0 Å². The molecule has 0 spiro atoms. The first-order chi connectivity index (χ1) is 20.0. The van der Waals surface area contributed by atoms with E-state index in [-0.39, 0.29) is 18.8 Å². The number of nitrogens with zero attached hydrogens (tertiary/aromatic N) is 4. The summed E-state index contributed by atoms with van der Waals surface area (Å²) in [6.07, 6.45) is -1.07. The molecule has 1 saturated carbocycles. The maximum atomic E-state index is 13.5. The van der Waals surface area contributed by atoms with Crippen LogP contribution < -0.4 is 10.6 Å². The maximum Gasteiger partial charge on any atom is 0.416 e. The number of hydrogen-bond acceptors (Lipinski definition) is 8. The fourth-order valence-corrected chi connectivity index (χ4v) is 3.47. The van der Waals surface area contributed by atoms with Crippen molar-refractivity contribution in [3.8, 4) is 0 Å². The number of carbonyl (C=O) groups is 2. The standard InChI is InChI=1S/C17H17F2N7O3.C5H9F3O.C4H8O/c1-9-14(25-29-24-9)15(27)20-5-13-22-11-3-2-10(4-12(11)23-13)6-26-8-17(18,19)7-21-16(26)28;1-4(2,9-3)5(6,7)8;1-5-4-2-3-4/h2-4H,5-8H2,1H3,(H,20,27)(H,21,28)(H,22,23);1-3H3;4H,2-3H2,1H3. The number of rotatable bonds is 7. The van der Waals surface area contributed by atoms with Crippen LogP contribution in [0.15, 0.2) is 22.8 Å². The van der Waals surface area contributed by atoms with Gasteiger partial charge in [-0.05, 0) is 56.5 Å². The minimum Gasteiger partial charge on any atom is -0.381 e. The van der Waals surface area contributed by atoms with Crippen molar-refractivity contribution in [1.82, 2.24) is 35.8 Å². The van der Waals surface area contributed by atoms with E-state index in [4.69, 9.17) is 4.74 Å². The Labute approximate surface area is 243 Å². The molecule has 3 amide bonds. The molecule has 0 unspecified atom stereocenters. The highest BCUT2D eigenvalue weighted by Crippen LogP contribution is 2.31. The first-order valence-electron chi connectivity index (χ1n) is 13.2. The highest BCUT2D eigenvalue weighted by molar-refractivity contribution is 5.92. The van der Waals surface area contributed by atoms with Crippen molar-refractivity contribution in [2.24, 2.45) is 0 Å². The molecule has 2 aliphatic rings. The number of nitrogens with one attached hydrogen (secondary N) is 3. The predicted octanol–water partition coefficient (Wildman–Crippen LogP) is 4.11. The summed E-state index contributed by atoms with van der Waals surface area (Å²) >= 11 is 0. The van der Waals surface area contributed by atoms with Gasteiger partial charge in [0.1, 0.15) is 11.5 Å². The minimum absolute atomic E-state index is 0.0425. The molecule has 1 aliphatic heterocycles. The summed E-state index contributed by atoms with van der Waals surface area (Å²) in [7, 11) is 2.80. The highest BCUT2D eigenvalue weighted by atomic mass is 19.4. The molecular weight excluding hydrogens is 585 g/mol. The second-order valence-electron chi connectivity index (χ2n) is 10.4. The van der Waals surface area contributed by atoms with Crippen molar-refractivity contribution in [1.29, 1.82) is 0 Å². The lowest BCUT2D eigenvalue weighted by Crippen LogP contribution is -2.56. The lowest BCUT2D eigenvalue weighted by Gasteiger charge is -2.32. The van der Waals surface area contributed by atoms with Crippen molar-refractivity contribution < 1.29 is 45.6 Å². The molecule has 17 heteroatoms. The third-order valence-corrected chi connectivity index (χ3v) is 6.51. The number of alkyl halides is 5. The van der Waals surface area contributed by atoms with Gasteiger partial charge in [0.2, 0.25) is 0 Å². The third-order valence-electron chi connectivity index (χ3n) is 6.51. The smallest absolute Gasteiger partial charge is 0.381 e. The SMILES string of the molecule is COC(C)(C)C(F)(F)F.COC1CC1.Cc1nonc1C(=O)NCc1nc2ccc(CN3CC(F)(F)CNC3=O)cc2[nH]1. The first-order valence-corrected chi connectivity index (χ1v) is 13.2. The summed E-state index contributed by atoms with van der Waals surface area (Å²) in [4.78, 5) is 32.4. The summed E-state index contributed by atoms with van der Waals surface area (Å²) in [5.41, 5.74) is 0.436. The van der Waals surface area contributed by atoms with E-state index in [9.17, 15) is 31.5 Å². The lowest BCUT2D eigenvalue weighted by molar-refractivity contribution is -0.255. The van der Waals surface area contributed by atoms with Crippen LogP contribution in [-0.4, -0.2) is 88.2 Å². The Kier molecular flexibility index (Phi) is 10.7. The van der Waals surface area contributed by atoms with Gasteiger partial charge >= 0.3 is 12.2 Å². The molecule has 0 radical (unpaired) electrons. The van der Waals surface area contributed by atoms with E-state index in [0.29, 0.717) is 34.2 Å². The summed E-state index contributed by atoms with van der Waals surface area (Å²) in [6.45, 7) is 2.44. The molecule has 2 fully saturated rings. The van der Waals surface area contributed by atoms with Gasteiger partial charge in [-0.25, -0.2) is 23.2 Å². The van der Waals surface area contributed by atoms with Gasteiger partial charge < -0.3 is 30.0 Å². The molecule has 1 saturated heterocycles. The maximum absolute atomic E-state index is 13.5. The van der Waals surface area contributed by atoms with E-state index in [2.05, 4.69) is 40.3 Å². The number of halogens is 5. The van der Waals surface area contributed by atoms with E-state index >= 15 is 0 Å². The van der Waals surface area contributed by atoms with Gasteiger partial charge in [0, 0.05) is 20.8 Å². The Morgan fingerprint density at radius 3 is 2.42 bits per heavy atom. The molecular formula is C26H34F5N7O5. The van der Waals surface area contributed by atoms with Crippen LogP contribution in [0, 0.1) is 6.92 Å². The van der Waals surface area contributed by atoms with Crippen LogP contribution in [0.25, 0.3) is 11.0 Å². The fraction of sp³-hybridized carbons (Fsp3) is 0.577. The van der Waals surface area contributed by atoms with Crippen molar-refractivity contribution in [3.05, 3.63) is 41.0 Å². The summed E-state index contributed by atoms with van der Waals surface area (Å²) < 4.78 is 75.7. The average molecular weight is 620 g/mol. The molecule has 3 N–H and O–H groups in total. The topological polar surface area (TPSA) is 148 Å². The molecule has 3 heterocycles. The number of fused-ring (bicyclic) bond motifs is 1. The van der Waals surface area contributed by atoms with Gasteiger partial charge in [0.05, 0.1) is 36.8 Å². The van der Waals surface area contributed by atoms with E-state index in [1.54, 1.807) is 32.2 Å². The zero-order chi connectivity index (χ0) is 32.0. The van der Waals surface area contributed by atoms with Crippen LogP contribution in [0.2, 0.25) is 0 Å². The van der Waals surface area contributed by atoms with Gasteiger partial charge in [-0.3, -0.25) is 4.79 Å². The largest absolute Gasteiger partial charge is 0.416 e. The van der Waals surface area contributed by atoms with Gasteiger partial charge in [-0.2, -0.15) is 13.2 Å². The molecule has 1 aromatic carbocycles. The number of methoxy groups -OCH3 is 2. The van der Waals surface area contributed by atoms with Crippen LogP contribution in [-0.2, 0) is 22.6 Å². The number of aromatic amines is 1. The van der Waals surface area contributed by atoms with Crippen LogP contribution in [0.3, 0.4) is 0 Å². The third kappa shape index (κ3) is 9.57. The molecule has 238 valence electrons. The van der Waals surface area contributed by atoms with Crippen molar-refractivity contribution in [2.45, 2.75) is 70.5 Å². The molecule has 5 rings (SSSR count). The number of amides is 3. The lowest BCUT2D eigenvalue weighted by atomic mass is 10.1. The zero-order valence-corrected chi connectivity index (χ0v) is 24.3. The van der Waals surface area contributed by atoms with Crippen LogP contribution in [0.5, 0.6) is 0 Å². The van der Waals surface area contributed by atoms with E-state index in [1.807, 2.05) is 0 Å². The molecule has 1 aliphatic carbocycles. The Hall–Kier alpha value is -3.86. The number of carbonyl (C=O) groups excluding carboxylic acids is 2. The number of imidazole rings is 1. The Morgan fingerprint density at radius 1 is 1.21 bits per heavy atom. The van der Waals surface area contributed by atoms with Crippen LogP contribution >= 0.6 is 0 Å². The average Bonchev–Trinajstić information content (AvgIpc) is 3.55. The number of ether oxygens (including phenoxy) is 2. The molecule has 0 atom stereocenters. The molecule has 0 bridgehead atoms. The molecule has 12 nitrogen and oxygen atoms in total. The monoisotopic (exact) mass is 619 g/mol. The molecule has 43 heavy (non-hydrogen) atoms. The Bertz CT molecular complexity index is 1390. The van der Waals surface area contributed by atoms with Gasteiger partial charge in [-0.1, -0.05) is 11.2 Å². The Morgan fingerprint density at radius 2 is 1.91 bits per heavy atom. The quantitative estimate of drug-likeness (QED) is 0.335. The van der Waals surface area contributed by atoms with Gasteiger partial charge in [0.25, 0.3) is 11.8 Å². The normalized spacial score (nSPS) is 16.5. The number of aryl methyl sites for hydroxylation is 1. The van der Waals surface area contributed by atoms with E-state index < -0.39 is 42.7 Å². The predicted molar refractivity (Wildman–Crippen MR) is 142 cm³/mol. The highest BCUT2D eigenvalue weighted by Gasteiger charge is 2.47. The summed E-state index contributed by atoms with van der Waals surface area (Å²) in [5, 5.41) is 11.9. The molecule has 3 aromatic rings. The fourth-order valence-electron chi connectivity index (χ4n) is 3.47. The van der Waals surface area contributed by atoms with Gasteiger partial charge in [0.15, 0.2) is 11.3 Å². The summed E-state index contributed by atoms with van der Waals surface area (Å²) in [5.74, 6) is -2.90. The Balaban J connectivity index is 0.000000298. The first kappa shape index (κ1) is 33.6. The van der Waals surface area contributed by atoms with Gasteiger partial charge in [-0.15, -0.1) is 0 Å². The number of hydrogen-bond donors (Lipinski definition) is 3. The second kappa shape index (κ2) is 13.6. The van der Waals surface area contributed by atoms with E-state index in [1.165, 1.54) is 12.8 Å². The number of benzene rings is 1. The second-order valence-corrected chi connectivity index (χ2v) is 10.4.